The molecule has 1 aromatic carbocycles. The molecule has 2 aliphatic heterocycles. The molecule has 7 rings (SSSR count). The minimum absolute atomic E-state index is 0.172. The van der Waals surface area contributed by atoms with E-state index in [9.17, 15) is 4.79 Å². The fourth-order valence-electron chi connectivity index (χ4n) is 5.69. The first-order chi connectivity index (χ1) is 20.0. The Bertz CT molecular complexity index is 1770. The summed E-state index contributed by atoms with van der Waals surface area (Å²) in [7, 11) is 0. The SMILES string of the molecule is CC1=C(c2cc3cnc(Nc4ccc(N5CCNCC5)c(F)c4)nc3n(Cc3ncccc3C3CC3)c2=O)N=CC1. The number of hydrogen-bond donors (Lipinski definition) is 2. The number of nitrogens with zero attached hydrogens (tertiary/aromatic N) is 6. The summed E-state index contributed by atoms with van der Waals surface area (Å²) in [5.74, 6) is 0.465. The molecule has 0 unspecified atom stereocenters. The van der Waals surface area contributed by atoms with Crippen molar-refractivity contribution in [2.45, 2.75) is 38.6 Å². The summed E-state index contributed by atoms with van der Waals surface area (Å²) < 4.78 is 16.7. The Morgan fingerprint density at radius 2 is 1.98 bits per heavy atom. The highest BCUT2D eigenvalue weighted by atomic mass is 19.1. The molecular formula is C31H31FN8O. The van der Waals surface area contributed by atoms with Gasteiger partial charge in [-0.05, 0) is 67.2 Å². The molecule has 0 spiro atoms. The largest absolute Gasteiger partial charge is 0.367 e. The lowest BCUT2D eigenvalue weighted by atomic mass is 10.1. The van der Waals surface area contributed by atoms with Gasteiger partial charge < -0.3 is 15.5 Å². The number of anilines is 3. The van der Waals surface area contributed by atoms with Crippen LogP contribution < -0.4 is 21.1 Å². The van der Waals surface area contributed by atoms with Crippen LogP contribution in [0, 0.1) is 5.82 Å². The van der Waals surface area contributed by atoms with Crippen molar-refractivity contribution in [1.29, 1.82) is 0 Å². The number of piperazine rings is 1. The normalized spacial score (nSPS) is 17.1. The molecule has 0 atom stereocenters. The Balaban J connectivity index is 1.28. The zero-order chi connectivity index (χ0) is 27.9. The molecule has 4 aromatic rings. The maximum absolute atomic E-state index is 15.1. The molecule has 0 amide bonds. The summed E-state index contributed by atoms with van der Waals surface area (Å²) >= 11 is 0. The van der Waals surface area contributed by atoms with Gasteiger partial charge in [0.05, 0.1) is 29.2 Å². The van der Waals surface area contributed by atoms with Gasteiger partial charge in [0.25, 0.3) is 5.56 Å². The van der Waals surface area contributed by atoms with Crippen molar-refractivity contribution in [3.05, 3.63) is 87.4 Å². The van der Waals surface area contributed by atoms with E-state index in [1.807, 2.05) is 36.2 Å². The van der Waals surface area contributed by atoms with E-state index in [2.05, 4.69) is 31.7 Å². The Morgan fingerprint density at radius 3 is 2.73 bits per heavy atom. The molecule has 1 aliphatic carbocycles. The molecule has 3 aromatic heterocycles. The number of hydrogen-bond acceptors (Lipinski definition) is 8. The minimum Gasteiger partial charge on any atom is -0.367 e. The quantitative estimate of drug-likeness (QED) is 0.347. The number of aromatic nitrogens is 4. The lowest BCUT2D eigenvalue weighted by Crippen LogP contribution is -2.43. The highest BCUT2D eigenvalue weighted by Crippen LogP contribution is 2.41. The number of allylic oxidation sites excluding steroid dienone is 1. The molecule has 1 saturated carbocycles. The molecule has 9 nitrogen and oxygen atoms in total. The van der Waals surface area contributed by atoms with E-state index < -0.39 is 0 Å². The van der Waals surface area contributed by atoms with Crippen LogP contribution in [0.15, 0.2) is 64.2 Å². The van der Waals surface area contributed by atoms with Crippen LogP contribution in [0.2, 0.25) is 0 Å². The third kappa shape index (κ3) is 4.99. The topological polar surface area (TPSA) is 100 Å². The number of rotatable bonds is 7. The van der Waals surface area contributed by atoms with Crippen molar-refractivity contribution >= 4 is 40.3 Å². The summed E-state index contributed by atoms with van der Waals surface area (Å²) in [5.41, 5.74) is 5.77. The molecule has 5 heterocycles. The maximum atomic E-state index is 15.1. The smallest absolute Gasteiger partial charge is 0.262 e. The Kier molecular flexibility index (Phi) is 6.54. The van der Waals surface area contributed by atoms with Crippen LogP contribution in [-0.2, 0) is 6.54 Å². The van der Waals surface area contributed by atoms with Gasteiger partial charge in [-0.25, -0.2) is 9.37 Å². The van der Waals surface area contributed by atoms with Gasteiger partial charge in [-0.1, -0.05) is 6.07 Å². The van der Waals surface area contributed by atoms with Gasteiger partial charge in [0.1, 0.15) is 11.5 Å². The molecule has 2 fully saturated rings. The molecule has 0 bridgehead atoms. The minimum atomic E-state index is -0.303. The predicted octanol–water partition coefficient (Wildman–Crippen LogP) is 4.61. The second kappa shape index (κ2) is 10.5. The summed E-state index contributed by atoms with van der Waals surface area (Å²) in [6.45, 7) is 5.47. The monoisotopic (exact) mass is 550 g/mol. The number of pyridine rings is 2. The Hall–Kier alpha value is -4.44. The van der Waals surface area contributed by atoms with Gasteiger partial charge in [0.2, 0.25) is 5.95 Å². The maximum Gasteiger partial charge on any atom is 0.262 e. The third-order valence-corrected chi connectivity index (χ3v) is 8.02. The van der Waals surface area contributed by atoms with Crippen molar-refractivity contribution in [3.63, 3.8) is 0 Å². The van der Waals surface area contributed by atoms with Gasteiger partial charge in [0.15, 0.2) is 0 Å². The predicted molar refractivity (Wildman–Crippen MR) is 160 cm³/mol. The van der Waals surface area contributed by atoms with Crippen LogP contribution in [0.3, 0.4) is 0 Å². The zero-order valence-electron chi connectivity index (χ0n) is 22.9. The molecule has 1 saturated heterocycles. The van der Waals surface area contributed by atoms with E-state index in [0.717, 1.165) is 62.1 Å². The van der Waals surface area contributed by atoms with Gasteiger partial charge in [-0.3, -0.25) is 19.3 Å². The Labute approximate surface area is 236 Å². The van der Waals surface area contributed by atoms with E-state index >= 15 is 4.39 Å². The number of halogens is 1. The van der Waals surface area contributed by atoms with Crippen molar-refractivity contribution in [1.82, 2.24) is 24.8 Å². The van der Waals surface area contributed by atoms with Crippen molar-refractivity contribution in [2.24, 2.45) is 4.99 Å². The average molecular weight is 551 g/mol. The van der Waals surface area contributed by atoms with E-state index in [4.69, 9.17) is 4.98 Å². The van der Waals surface area contributed by atoms with Gasteiger partial charge in [0, 0.05) is 62.3 Å². The van der Waals surface area contributed by atoms with Crippen LogP contribution in [0.4, 0.5) is 21.7 Å². The first-order valence-corrected chi connectivity index (χ1v) is 14.1. The van der Waals surface area contributed by atoms with Crippen LogP contribution in [0.1, 0.15) is 48.9 Å². The fraction of sp³-hybridized carbons (Fsp3) is 0.323. The first kappa shape index (κ1) is 25.5. The zero-order valence-corrected chi connectivity index (χ0v) is 22.9. The highest BCUT2D eigenvalue weighted by Gasteiger charge is 2.27. The number of nitrogens with one attached hydrogen (secondary N) is 2. The van der Waals surface area contributed by atoms with Crippen molar-refractivity contribution in [2.75, 3.05) is 36.4 Å². The summed E-state index contributed by atoms with van der Waals surface area (Å²) in [5, 5.41) is 7.14. The van der Waals surface area contributed by atoms with Crippen LogP contribution >= 0.6 is 0 Å². The summed E-state index contributed by atoms with van der Waals surface area (Å²) in [6.07, 6.45) is 8.29. The van der Waals surface area contributed by atoms with E-state index in [1.54, 1.807) is 23.0 Å². The molecule has 2 N–H and O–H groups in total. The van der Waals surface area contributed by atoms with Crippen molar-refractivity contribution < 1.29 is 4.39 Å². The lowest BCUT2D eigenvalue weighted by molar-refractivity contribution is 0.566. The lowest BCUT2D eigenvalue weighted by Gasteiger charge is -2.29. The molecule has 0 radical (unpaired) electrons. The molecular weight excluding hydrogens is 519 g/mol. The van der Waals surface area contributed by atoms with Gasteiger partial charge >= 0.3 is 0 Å². The van der Waals surface area contributed by atoms with Crippen LogP contribution in [-0.4, -0.2) is 51.9 Å². The van der Waals surface area contributed by atoms with E-state index in [1.165, 1.54) is 11.6 Å². The summed E-state index contributed by atoms with van der Waals surface area (Å²) in [6, 6.07) is 10.9. The Morgan fingerprint density at radius 1 is 1.12 bits per heavy atom. The number of aliphatic imine (C=N–C) groups is 1. The fourth-order valence-corrected chi connectivity index (χ4v) is 5.69. The average Bonchev–Trinajstić information content (AvgIpc) is 3.75. The van der Waals surface area contributed by atoms with Crippen molar-refractivity contribution in [3.8, 4) is 0 Å². The second-order valence-corrected chi connectivity index (χ2v) is 10.9. The molecule has 3 aliphatic rings. The van der Waals surface area contributed by atoms with Crippen LogP contribution in [0.25, 0.3) is 16.7 Å². The van der Waals surface area contributed by atoms with E-state index in [0.29, 0.717) is 34.2 Å². The van der Waals surface area contributed by atoms with Crippen LogP contribution in [0.5, 0.6) is 0 Å². The third-order valence-electron chi connectivity index (χ3n) is 8.02. The standard InChI is InChI=1S/C31H31FN8O/c1-19-8-10-35-28(19)24-15-21-17-36-31(37-22-6-7-27(25(32)16-22)39-13-11-33-12-14-39)38-29(21)40(30(24)41)18-26-23(20-4-5-20)3-2-9-34-26/h2-3,6-7,9-10,15-17,20,33H,4-5,8,11-14,18H2,1H3,(H,36,37,38). The second-order valence-electron chi connectivity index (χ2n) is 10.9. The van der Waals surface area contributed by atoms with Gasteiger partial charge in [-0.2, -0.15) is 4.98 Å². The number of benzene rings is 1. The first-order valence-electron chi connectivity index (χ1n) is 14.1. The van der Waals surface area contributed by atoms with Gasteiger partial charge in [-0.15, -0.1) is 0 Å². The summed E-state index contributed by atoms with van der Waals surface area (Å²) in [4.78, 5) is 34.5. The van der Waals surface area contributed by atoms with E-state index in [-0.39, 0.29) is 23.9 Å². The number of fused-ring (bicyclic) bond motifs is 1. The molecule has 41 heavy (non-hydrogen) atoms. The highest BCUT2D eigenvalue weighted by molar-refractivity contribution is 5.87. The molecule has 208 valence electrons. The molecule has 10 heteroatoms.